The summed E-state index contributed by atoms with van der Waals surface area (Å²) in [6.07, 6.45) is 10.1. The molecule has 1 aliphatic heterocycles. The van der Waals surface area contributed by atoms with Gasteiger partial charge < -0.3 is 10.2 Å². The summed E-state index contributed by atoms with van der Waals surface area (Å²) in [6, 6.07) is 6.90. The van der Waals surface area contributed by atoms with Gasteiger partial charge in [0.2, 0.25) is 0 Å². The van der Waals surface area contributed by atoms with E-state index in [0.29, 0.717) is 6.04 Å². The molecule has 116 valence electrons. The van der Waals surface area contributed by atoms with E-state index in [1.807, 2.05) is 12.3 Å². The minimum Gasteiger partial charge on any atom is -0.357 e. The van der Waals surface area contributed by atoms with Gasteiger partial charge in [-0.25, -0.2) is 4.98 Å². The van der Waals surface area contributed by atoms with Gasteiger partial charge in [-0.15, -0.1) is 0 Å². The van der Waals surface area contributed by atoms with E-state index < -0.39 is 0 Å². The molecule has 0 spiro atoms. The smallest absolute Gasteiger partial charge is 0.128 e. The lowest BCUT2D eigenvalue weighted by Gasteiger charge is -2.35. The van der Waals surface area contributed by atoms with Crippen LogP contribution in [0.5, 0.6) is 0 Å². The van der Waals surface area contributed by atoms with Crippen LogP contribution in [0.4, 0.5) is 5.82 Å². The molecule has 1 aromatic heterocycles. The average molecular weight is 287 g/mol. The molecule has 1 aromatic rings. The van der Waals surface area contributed by atoms with E-state index in [9.17, 15) is 0 Å². The lowest BCUT2D eigenvalue weighted by atomic mass is 9.80. The predicted octanol–water partition coefficient (Wildman–Crippen LogP) is 3.47. The maximum Gasteiger partial charge on any atom is 0.128 e. The highest BCUT2D eigenvalue weighted by atomic mass is 15.2. The van der Waals surface area contributed by atoms with Gasteiger partial charge >= 0.3 is 0 Å². The number of hydrogen-bond acceptors (Lipinski definition) is 3. The van der Waals surface area contributed by atoms with Gasteiger partial charge in [0.1, 0.15) is 5.82 Å². The van der Waals surface area contributed by atoms with Gasteiger partial charge in [0.05, 0.1) is 0 Å². The summed E-state index contributed by atoms with van der Waals surface area (Å²) in [5.41, 5.74) is 0. The third kappa shape index (κ3) is 3.97. The maximum atomic E-state index is 4.46. The summed E-state index contributed by atoms with van der Waals surface area (Å²) in [7, 11) is 0. The summed E-state index contributed by atoms with van der Waals surface area (Å²) in [5, 5.41) is 3.85. The third-order valence-electron chi connectivity index (χ3n) is 5.43. The highest BCUT2D eigenvalue weighted by molar-refractivity contribution is 5.38. The van der Waals surface area contributed by atoms with Crippen LogP contribution in [-0.2, 0) is 0 Å². The Morgan fingerprint density at radius 3 is 2.67 bits per heavy atom. The molecule has 2 aliphatic rings. The second-order valence-corrected chi connectivity index (χ2v) is 6.88. The molecule has 1 N–H and O–H groups in total. The predicted molar refractivity (Wildman–Crippen MR) is 88.6 cm³/mol. The first kappa shape index (κ1) is 14.8. The van der Waals surface area contributed by atoms with E-state index in [0.717, 1.165) is 30.7 Å². The largest absolute Gasteiger partial charge is 0.357 e. The highest BCUT2D eigenvalue weighted by Crippen LogP contribution is 2.29. The van der Waals surface area contributed by atoms with Crippen molar-refractivity contribution in [3.05, 3.63) is 24.4 Å². The topological polar surface area (TPSA) is 28.2 Å². The molecule has 3 rings (SSSR count). The minimum atomic E-state index is 0.707. The average Bonchev–Trinajstić information content (AvgIpc) is 2.55. The second kappa shape index (κ2) is 7.26. The number of aromatic nitrogens is 1. The molecule has 2 heterocycles. The fraction of sp³-hybridized carbons (Fsp3) is 0.722. The van der Waals surface area contributed by atoms with Crippen molar-refractivity contribution in [1.29, 1.82) is 0 Å². The zero-order valence-electron chi connectivity index (χ0n) is 13.3. The molecule has 0 aromatic carbocycles. The lowest BCUT2D eigenvalue weighted by molar-refractivity contribution is 0.235. The van der Waals surface area contributed by atoms with Crippen molar-refractivity contribution in [2.75, 3.05) is 24.5 Å². The van der Waals surface area contributed by atoms with Crippen molar-refractivity contribution < 1.29 is 0 Å². The van der Waals surface area contributed by atoms with Gasteiger partial charge in [0.15, 0.2) is 0 Å². The van der Waals surface area contributed by atoms with Crippen LogP contribution in [-0.4, -0.2) is 30.7 Å². The van der Waals surface area contributed by atoms with E-state index in [2.05, 4.69) is 34.3 Å². The van der Waals surface area contributed by atoms with Crippen LogP contribution >= 0.6 is 0 Å². The summed E-state index contributed by atoms with van der Waals surface area (Å²) in [4.78, 5) is 6.88. The molecule has 2 fully saturated rings. The summed E-state index contributed by atoms with van der Waals surface area (Å²) in [6.45, 7) is 5.94. The van der Waals surface area contributed by atoms with E-state index in [1.165, 1.54) is 45.1 Å². The van der Waals surface area contributed by atoms with Crippen molar-refractivity contribution in [3.63, 3.8) is 0 Å². The SMILES string of the molecule is CC1CCCCC1CNC1CCN(c2ccccn2)CC1. The molecule has 3 nitrogen and oxygen atoms in total. The van der Waals surface area contributed by atoms with Gasteiger partial charge in [-0.05, 0) is 49.8 Å². The molecular formula is C18H29N3. The Morgan fingerprint density at radius 2 is 1.95 bits per heavy atom. The monoisotopic (exact) mass is 287 g/mol. The Kier molecular flexibility index (Phi) is 5.13. The van der Waals surface area contributed by atoms with E-state index in [4.69, 9.17) is 0 Å². The minimum absolute atomic E-state index is 0.707. The first-order valence-electron chi connectivity index (χ1n) is 8.72. The van der Waals surface area contributed by atoms with Crippen molar-refractivity contribution in [3.8, 4) is 0 Å². The van der Waals surface area contributed by atoms with Crippen LogP contribution < -0.4 is 10.2 Å². The zero-order valence-corrected chi connectivity index (χ0v) is 13.3. The molecule has 2 atom stereocenters. The molecule has 0 radical (unpaired) electrons. The van der Waals surface area contributed by atoms with E-state index in [-0.39, 0.29) is 0 Å². The van der Waals surface area contributed by atoms with Gasteiger partial charge in [0.25, 0.3) is 0 Å². The first-order valence-corrected chi connectivity index (χ1v) is 8.72. The van der Waals surface area contributed by atoms with E-state index in [1.54, 1.807) is 0 Å². The number of pyridine rings is 1. The summed E-state index contributed by atoms with van der Waals surface area (Å²) >= 11 is 0. The molecule has 2 unspecified atom stereocenters. The maximum absolute atomic E-state index is 4.46. The molecule has 0 amide bonds. The number of hydrogen-bond donors (Lipinski definition) is 1. The Balaban J connectivity index is 1.41. The molecular weight excluding hydrogens is 258 g/mol. The van der Waals surface area contributed by atoms with Crippen molar-refractivity contribution in [2.45, 2.75) is 51.5 Å². The van der Waals surface area contributed by atoms with Crippen LogP contribution in [0.3, 0.4) is 0 Å². The van der Waals surface area contributed by atoms with E-state index >= 15 is 0 Å². The summed E-state index contributed by atoms with van der Waals surface area (Å²) < 4.78 is 0. The van der Waals surface area contributed by atoms with Crippen LogP contribution in [0.25, 0.3) is 0 Å². The number of rotatable bonds is 4. The van der Waals surface area contributed by atoms with Gasteiger partial charge in [-0.3, -0.25) is 0 Å². The fourth-order valence-electron chi connectivity index (χ4n) is 3.87. The second-order valence-electron chi connectivity index (χ2n) is 6.88. The van der Waals surface area contributed by atoms with Gasteiger partial charge in [0, 0.05) is 25.3 Å². The molecule has 0 bridgehead atoms. The Labute approximate surface area is 129 Å². The van der Waals surface area contributed by atoms with Crippen molar-refractivity contribution >= 4 is 5.82 Å². The van der Waals surface area contributed by atoms with Gasteiger partial charge in [-0.2, -0.15) is 0 Å². The standard InChI is InChI=1S/C18H29N3/c1-15-6-2-3-7-16(15)14-20-17-9-12-21(13-10-17)18-8-4-5-11-19-18/h4-5,8,11,15-17,20H,2-3,6-7,9-10,12-14H2,1H3. The fourth-order valence-corrected chi connectivity index (χ4v) is 3.87. The van der Waals surface area contributed by atoms with Gasteiger partial charge in [-0.1, -0.05) is 32.3 Å². The molecule has 21 heavy (non-hydrogen) atoms. The quantitative estimate of drug-likeness (QED) is 0.919. The Hall–Kier alpha value is -1.09. The normalized spacial score (nSPS) is 27.8. The Morgan fingerprint density at radius 1 is 1.14 bits per heavy atom. The number of piperidine rings is 1. The molecule has 1 saturated carbocycles. The molecule has 1 aliphatic carbocycles. The highest BCUT2D eigenvalue weighted by Gasteiger charge is 2.24. The first-order chi connectivity index (χ1) is 10.3. The number of nitrogens with one attached hydrogen (secondary N) is 1. The number of nitrogens with zero attached hydrogens (tertiary/aromatic N) is 2. The molecule has 1 saturated heterocycles. The van der Waals surface area contributed by atoms with Crippen LogP contribution in [0.1, 0.15) is 45.4 Å². The lowest BCUT2D eigenvalue weighted by Crippen LogP contribution is -2.44. The van der Waals surface area contributed by atoms with Crippen LogP contribution in [0, 0.1) is 11.8 Å². The van der Waals surface area contributed by atoms with Crippen molar-refractivity contribution in [1.82, 2.24) is 10.3 Å². The van der Waals surface area contributed by atoms with Crippen molar-refractivity contribution in [2.24, 2.45) is 11.8 Å². The number of anilines is 1. The Bertz CT molecular complexity index is 412. The summed E-state index contributed by atoms with van der Waals surface area (Å²) in [5.74, 6) is 2.96. The zero-order chi connectivity index (χ0) is 14.5. The molecule has 3 heteroatoms. The van der Waals surface area contributed by atoms with Crippen LogP contribution in [0.15, 0.2) is 24.4 Å². The third-order valence-corrected chi connectivity index (χ3v) is 5.43. The van der Waals surface area contributed by atoms with Crippen LogP contribution in [0.2, 0.25) is 0 Å².